The van der Waals surface area contributed by atoms with Gasteiger partial charge in [0.25, 0.3) is 0 Å². The van der Waals surface area contributed by atoms with Crippen LogP contribution in [0.3, 0.4) is 0 Å². The molecule has 3 rings (SSSR count). The summed E-state index contributed by atoms with van der Waals surface area (Å²) < 4.78 is 16.6. The van der Waals surface area contributed by atoms with E-state index in [-0.39, 0.29) is 0 Å². The molecule has 2 N–H and O–H groups in total. The first-order chi connectivity index (χ1) is 13.7. The monoisotopic (exact) mass is 398 g/mol. The van der Waals surface area contributed by atoms with Gasteiger partial charge in [-0.15, -0.1) is 0 Å². The molecule has 5 heteroatoms. The molecule has 0 fully saturated rings. The summed E-state index contributed by atoms with van der Waals surface area (Å²) in [5.74, 6) is 2.35. The molecular formula is C23H25ClNO3+. The van der Waals surface area contributed by atoms with Crippen molar-refractivity contribution < 1.29 is 19.5 Å². The van der Waals surface area contributed by atoms with E-state index in [4.69, 9.17) is 25.8 Å². The maximum atomic E-state index is 5.92. The van der Waals surface area contributed by atoms with E-state index in [2.05, 4.69) is 23.5 Å². The maximum absolute atomic E-state index is 5.92. The summed E-state index contributed by atoms with van der Waals surface area (Å²) in [7, 11) is 3.34. The summed E-state index contributed by atoms with van der Waals surface area (Å²) in [6.07, 6.45) is 0. The number of nitrogens with two attached hydrogens (primary N) is 1. The largest absolute Gasteiger partial charge is 0.497 e. The molecular weight excluding hydrogens is 374 g/mol. The summed E-state index contributed by atoms with van der Waals surface area (Å²) in [6.45, 7) is 2.23. The van der Waals surface area contributed by atoms with Gasteiger partial charge < -0.3 is 19.5 Å². The third-order valence-corrected chi connectivity index (χ3v) is 4.71. The molecule has 0 aliphatic rings. The average molecular weight is 399 g/mol. The van der Waals surface area contributed by atoms with Crippen molar-refractivity contribution in [3.05, 3.63) is 88.4 Å². The molecule has 28 heavy (non-hydrogen) atoms. The first kappa shape index (κ1) is 20.1. The standard InChI is InChI=1S/C23H24ClNO3/c1-26-21-10-5-17(6-11-21)14-25-15-19-7-12-22(23(13-19)27-2)28-16-18-3-8-20(24)9-4-18/h3-13,25H,14-16H2,1-2H3/p+1. The van der Waals surface area contributed by atoms with Gasteiger partial charge in [0.2, 0.25) is 0 Å². The molecule has 0 radical (unpaired) electrons. The Kier molecular flexibility index (Phi) is 7.18. The Labute approximate surface area is 171 Å². The van der Waals surface area contributed by atoms with Crippen molar-refractivity contribution in [1.29, 1.82) is 0 Å². The summed E-state index contributed by atoms with van der Waals surface area (Å²) in [5.41, 5.74) is 3.50. The second-order valence-electron chi connectivity index (χ2n) is 6.45. The van der Waals surface area contributed by atoms with Gasteiger partial charge >= 0.3 is 0 Å². The van der Waals surface area contributed by atoms with Crippen LogP contribution in [-0.4, -0.2) is 14.2 Å². The number of halogens is 1. The minimum absolute atomic E-state index is 0.469. The van der Waals surface area contributed by atoms with E-state index in [1.165, 1.54) is 11.1 Å². The summed E-state index contributed by atoms with van der Waals surface area (Å²) in [6, 6.07) is 21.8. The van der Waals surface area contributed by atoms with E-state index in [1.54, 1.807) is 14.2 Å². The number of benzene rings is 3. The van der Waals surface area contributed by atoms with Crippen molar-refractivity contribution in [3.63, 3.8) is 0 Å². The van der Waals surface area contributed by atoms with Crippen molar-refractivity contribution >= 4 is 11.6 Å². The highest BCUT2D eigenvalue weighted by atomic mass is 35.5. The van der Waals surface area contributed by atoms with Gasteiger partial charge in [-0.1, -0.05) is 23.7 Å². The zero-order valence-electron chi connectivity index (χ0n) is 16.2. The van der Waals surface area contributed by atoms with Crippen LogP contribution in [0.5, 0.6) is 17.2 Å². The number of ether oxygens (including phenoxy) is 3. The van der Waals surface area contributed by atoms with Crippen LogP contribution in [0.4, 0.5) is 0 Å². The lowest BCUT2D eigenvalue weighted by atomic mass is 10.1. The zero-order chi connectivity index (χ0) is 19.8. The molecule has 0 bridgehead atoms. The molecule has 0 atom stereocenters. The highest BCUT2D eigenvalue weighted by Crippen LogP contribution is 2.28. The predicted molar refractivity (Wildman–Crippen MR) is 111 cm³/mol. The highest BCUT2D eigenvalue weighted by Gasteiger charge is 2.08. The minimum Gasteiger partial charge on any atom is -0.497 e. The molecule has 146 valence electrons. The van der Waals surface area contributed by atoms with E-state index >= 15 is 0 Å². The van der Waals surface area contributed by atoms with Gasteiger partial charge in [0.05, 0.1) is 14.2 Å². The Morgan fingerprint density at radius 1 is 0.714 bits per heavy atom. The van der Waals surface area contributed by atoms with Gasteiger partial charge in [-0.25, -0.2) is 0 Å². The Hall–Kier alpha value is -2.69. The van der Waals surface area contributed by atoms with E-state index in [0.29, 0.717) is 6.61 Å². The Morgan fingerprint density at radius 3 is 2.04 bits per heavy atom. The van der Waals surface area contributed by atoms with Gasteiger partial charge in [-0.05, 0) is 60.2 Å². The summed E-state index contributed by atoms with van der Waals surface area (Å²) in [4.78, 5) is 0. The van der Waals surface area contributed by atoms with Crippen LogP contribution in [0.15, 0.2) is 66.7 Å². The lowest BCUT2D eigenvalue weighted by Gasteiger charge is -2.12. The summed E-state index contributed by atoms with van der Waals surface area (Å²) >= 11 is 5.92. The first-order valence-electron chi connectivity index (χ1n) is 9.16. The highest BCUT2D eigenvalue weighted by molar-refractivity contribution is 6.30. The molecule has 3 aromatic carbocycles. The number of hydrogen-bond donors (Lipinski definition) is 1. The number of hydrogen-bond acceptors (Lipinski definition) is 3. The normalized spacial score (nSPS) is 10.5. The molecule has 0 aliphatic carbocycles. The maximum Gasteiger partial charge on any atom is 0.161 e. The van der Waals surface area contributed by atoms with Crippen LogP contribution in [0, 0.1) is 0 Å². The van der Waals surface area contributed by atoms with Crippen LogP contribution < -0.4 is 19.5 Å². The van der Waals surface area contributed by atoms with Crippen LogP contribution >= 0.6 is 11.6 Å². The van der Waals surface area contributed by atoms with E-state index in [1.807, 2.05) is 48.5 Å². The Bertz CT molecular complexity index is 879. The molecule has 0 saturated carbocycles. The molecule has 0 heterocycles. The van der Waals surface area contributed by atoms with Crippen molar-refractivity contribution in [2.45, 2.75) is 19.7 Å². The zero-order valence-corrected chi connectivity index (χ0v) is 16.9. The van der Waals surface area contributed by atoms with E-state index in [0.717, 1.165) is 40.9 Å². The molecule has 0 unspecified atom stereocenters. The van der Waals surface area contributed by atoms with Gasteiger partial charge in [-0.2, -0.15) is 0 Å². The van der Waals surface area contributed by atoms with Crippen molar-refractivity contribution in [2.24, 2.45) is 0 Å². The third-order valence-electron chi connectivity index (χ3n) is 4.45. The van der Waals surface area contributed by atoms with Crippen LogP contribution in [0.1, 0.15) is 16.7 Å². The van der Waals surface area contributed by atoms with E-state index in [9.17, 15) is 0 Å². The molecule has 0 saturated heterocycles. The number of rotatable bonds is 9. The quantitative estimate of drug-likeness (QED) is 0.587. The molecule has 0 spiro atoms. The van der Waals surface area contributed by atoms with Crippen molar-refractivity contribution in [2.75, 3.05) is 14.2 Å². The minimum atomic E-state index is 0.469. The van der Waals surface area contributed by atoms with E-state index < -0.39 is 0 Å². The van der Waals surface area contributed by atoms with Crippen molar-refractivity contribution in [1.82, 2.24) is 0 Å². The molecule has 4 nitrogen and oxygen atoms in total. The third kappa shape index (κ3) is 5.65. The Balaban J connectivity index is 1.55. The van der Waals surface area contributed by atoms with Gasteiger partial charge in [0, 0.05) is 16.1 Å². The van der Waals surface area contributed by atoms with Gasteiger partial charge in [0.1, 0.15) is 25.4 Å². The first-order valence-corrected chi connectivity index (χ1v) is 9.54. The second-order valence-corrected chi connectivity index (χ2v) is 6.88. The Morgan fingerprint density at radius 2 is 1.36 bits per heavy atom. The molecule has 0 aliphatic heterocycles. The molecule has 0 aromatic heterocycles. The average Bonchev–Trinajstić information content (AvgIpc) is 2.74. The lowest BCUT2D eigenvalue weighted by Crippen LogP contribution is -2.80. The fourth-order valence-corrected chi connectivity index (χ4v) is 2.99. The topological polar surface area (TPSA) is 44.3 Å². The fourth-order valence-electron chi connectivity index (χ4n) is 2.87. The van der Waals surface area contributed by atoms with Gasteiger partial charge in [-0.3, -0.25) is 0 Å². The van der Waals surface area contributed by atoms with Crippen molar-refractivity contribution in [3.8, 4) is 17.2 Å². The van der Waals surface area contributed by atoms with Crippen LogP contribution in [0.2, 0.25) is 5.02 Å². The lowest BCUT2D eigenvalue weighted by molar-refractivity contribution is -0.686. The molecule has 0 amide bonds. The van der Waals surface area contributed by atoms with Crippen LogP contribution in [-0.2, 0) is 19.7 Å². The summed E-state index contributed by atoms with van der Waals surface area (Å²) in [5, 5.41) is 2.97. The fraction of sp³-hybridized carbons (Fsp3) is 0.217. The number of quaternary nitrogens is 1. The predicted octanol–water partition coefficient (Wildman–Crippen LogP) is 4.20. The number of methoxy groups -OCH3 is 2. The smallest absolute Gasteiger partial charge is 0.161 e. The second kappa shape index (κ2) is 10.0. The SMILES string of the molecule is COc1ccc(C[NH2+]Cc2ccc(OCc3ccc(Cl)cc3)c(OC)c2)cc1. The van der Waals surface area contributed by atoms with Gasteiger partial charge in [0.15, 0.2) is 11.5 Å². The molecule has 3 aromatic rings. The van der Waals surface area contributed by atoms with Crippen LogP contribution in [0.25, 0.3) is 0 Å².